The van der Waals surface area contributed by atoms with Crippen molar-refractivity contribution >= 4 is 23.1 Å². The lowest BCUT2D eigenvalue weighted by molar-refractivity contribution is -0.126. The van der Waals surface area contributed by atoms with Crippen molar-refractivity contribution in [2.45, 2.75) is 32.3 Å². The van der Waals surface area contributed by atoms with Crippen LogP contribution in [0.5, 0.6) is 17.2 Å². The highest BCUT2D eigenvalue weighted by molar-refractivity contribution is 6.30. The Morgan fingerprint density at radius 3 is 2.52 bits per heavy atom. The summed E-state index contributed by atoms with van der Waals surface area (Å²) in [6.45, 7) is 3.33. The van der Waals surface area contributed by atoms with Gasteiger partial charge in [0.05, 0.1) is 5.69 Å². The first kappa shape index (κ1) is 21.0. The molecule has 3 aromatic rings. The summed E-state index contributed by atoms with van der Waals surface area (Å²) in [4.78, 5) is 12.7. The minimum absolute atomic E-state index is 0.203. The Morgan fingerprint density at radius 2 is 1.77 bits per heavy atom. The first-order chi connectivity index (χ1) is 14.9. The summed E-state index contributed by atoms with van der Waals surface area (Å²) in [6, 6.07) is 18.4. The molecule has 5 nitrogen and oxygen atoms in total. The molecule has 1 heterocycles. The average molecular weight is 442 g/mol. The van der Waals surface area contributed by atoms with E-state index < -0.39 is 24.3 Å². The first-order valence-corrected chi connectivity index (χ1v) is 10.2. The standard InChI is InChI=1S/C24H21ClFNO4/c1-14(19-5-3-4-6-20(19)26)23(28)15(2)29-17-8-10-18(11-9-17)30-24-27-21-12-7-16(25)13-22(21)31-24/h3-15,24,27H,1-2H3/t14?,15-,24?/m1/s1. The van der Waals surface area contributed by atoms with Crippen LogP contribution in [0.15, 0.2) is 66.7 Å². The van der Waals surface area contributed by atoms with Crippen LogP contribution in [-0.4, -0.2) is 18.3 Å². The number of carbonyl (C=O) groups excluding carboxylic acids is 1. The van der Waals surface area contributed by atoms with Gasteiger partial charge in [-0.3, -0.25) is 4.79 Å². The number of hydrogen-bond donors (Lipinski definition) is 1. The molecule has 0 bridgehead atoms. The molecule has 0 saturated carbocycles. The second-order valence-electron chi connectivity index (χ2n) is 7.23. The molecule has 0 fully saturated rings. The van der Waals surface area contributed by atoms with Gasteiger partial charge in [-0.1, -0.05) is 36.7 Å². The fourth-order valence-electron chi connectivity index (χ4n) is 3.35. The molecule has 4 rings (SSSR count). The number of ether oxygens (including phenoxy) is 3. The van der Waals surface area contributed by atoms with Crippen LogP contribution >= 0.6 is 11.6 Å². The van der Waals surface area contributed by atoms with E-state index >= 15 is 0 Å². The van der Waals surface area contributed by atoms with E-state index in [9.17, 15) is 9.18 Å². The summed E-state index contributed by atoms with van der Waals surface area (Å²) < 4.78 is 31.2. The number of carbonyl (C=O) groups is 1. The van der Waals surface area contributed by atoms with Crippen molar-refractivity contribution in [2.75, 3.05) is 5.32 Å². The smallest absolute Gasteiger partial charge is 0.325 e. The zero-order valence-electron chi connectivity index (χ0n) is 17.0. The molecule has 1 N–H and O–H groups in total. The molecule has 31 heavy (non-hydrogen) atoms. The first-order valence-electron chi connectivity index (χ1n) is 9.85. The predicted molar refractivity (Wildman–Crippen MR) is 116 cm³/mol. The zero-order chi connectivity index (χ0) is 22.0. The topological polar surface area (TPSA) is 56.8 Å². The van der Waals surface area contributed by atoms with E-state index in [-0.39, 0.29) is 5.78 Å². The van der Waals surface area contributed by atoms with Gasteiger partial charge in [0.2, 0.25) is 0 Å². The number of hydrogen-bond acceptors (Lipinski definition) is 5. The third-order valence-corrected chi connectivity index (χ3v) is 5.27. The fourth-order valence-corrected chi connectivity index (χ4v) is 3.51. The van der Waals surface area contributed by atoms with Crippen molar-refractivity contribution in [3.8, 4) is 17.2 Å². The van der Waals surface area contributed by atoms with E-state index in [2.05, 4.69) is 5.32 Å². The normalized spacial score (nSPS) is 16.5. The van der Waals surface area contributed by atoms with Crippen molar-refractivity contribution in [3.63, 3.8) is 0 Å². The lowest BCUT2D eigenvalue weighted by Gasteiger charge is -2.19. The third kappa shape index (κ3) is 4.75. The quantitative estimate of drug-likeness (QED) is 0.503. The molecule has 0 spiro atoms. The highest BCUT2D eigenvalue weighted by Crippen LogP contribution is 2.35. The van der Waals surface area contributed by atoms with Crippen LogP contribution in [0.4, 0.5) is 10.1 Å². The molecule has 160 valence electrons. The molecule has 3 aromatic carbocycles. The number of nitrogens with one attached hydrogen (secondary N) is 1. The number of ketones is 1. The van der Waals surface area contributed by atoms with Crippen molar-refractivity contribution in [2.24, 2.45) is 0 Å². The molecule has 0 aromatic heterocycles. The summed E-state index contributed by atoms with van der Waals surface area (Å²) in [5.74, 6) is 0.467. The maximum atomic E-state index is 14.0. The largest absolute Gasteiger partial charge is 0.483 e. The number of halogens is 2. The van der Waals surface area contributed by atoms with Gasteiger partial charge in [-0.05, 0) is 55.0 Å². The van der Waals surface area contributed by atoms with Crippen molar-refractivity contribution in [1.82, 2.24) is 0 Å². The molecule has 3 atom stereocenters. The fraction of sp³-hybridized carbons (Fsp3) is 0.208. The molecular weight excluding hydrogens is 421 g/mol. The molecular formula is C24H21ClFNO4. The van der Waals surface area contributed by atoms with Gasteiger partial charge in [0.1, 0.15) is 17.3 Å². The van der Waals surface area contributed by atoms with Crippen molar-refractivity contribution < 1.29 is 23.4 Å². The monoisotopic (exact) mass is 441 g/mol. The Bertz CT molecular complexity index is 1090. The van der Waals surface area contributed by atoms with Crippen LogP contribution in [0.3, 0.4) is 0 Å². The number of benzene rings is 3. The zero-order valence-corrected chi connectivity index (χ0v) is 17.7. The highest BCUT2D eigenvalue weighted by Gasteiger charge is 2.26. The van der Waals surface area contributed by atoms with Crippen LogP contribution < -0.4 is 19.5 Å². The van der Waals surface area contributed by atoms with E-state index in [1.54, 1.807) is 68.4 Å². The number of anilines is 1. The van der Waals surface area contributed by atoms with Gasteiger partial charge in [0.25, 0.3) is 0 Å². The molecule has 0 radical (unpaired) electrons. The lowest BCUT2D eigenvalue weighted by atomic mass is 9.93. The minimum atomic E-state index is -0.736. The van der Waals surface area contributed by atoms with Gasteiger partial charge in [-0.2, -0.15) is 0 Å². The predicted octanol–water partition coefficient (Wildman–Crippen LogP) is 5.79. The Morgan fingerprint density at radius 1 is 1.06 bits per heavy atom. The van der Waals surface area contributed by atoms with Crippen molar-refractivity contribution in [1.29, 1.82) is 0 Å². The lowest BCUT2D eigenvalue weighted by Crippen LogP contribution is -2.28. The van der Waals surface area contributed by atoms with Gasteiger partial charge in [0, 0.05) is 17.0 Å². The number of fused-ring (bicyclic) bond motifs is 1. The summed E-state index contributed by atoms with van der Waals surface area (Å²) >= 11 is 5.97. The van der Waals surface area contributed by atoms with Crippen LogP contribution in [-0.2, 0) is 4.79 Å². The summed E-state index contributed by atoms with van der Waals surface area (Å²) in [6.07, 6.45) is -1.41. The van der Waals surface area contributed by atoms with Crippen molar-refractivity contribution in [3.05, 3.63) is 83.1 Å². The van der Waals surface area contributed by atoms with Gasteiger partial charge in [-0.15, -0.1) is 0 Å². The number of Topliss-reactive ketones (excluding diaryl/α,β-unsaturated/α-hetero) is 1. The van der Waals surface area contributed by atoms with E-state index in [1.165, 1.54) is 6.07 Å². The molecule has 0 aliphatic carbocycles. The van der Waals surface area contributed by atoms with Crippen LogP contribution in [0, 0.1) is 5.82 Å². The van der Waals surface area contributed by atoms with E-state index in [0.29, 0.717) is 27.8 Å². The minimum Gasteiger partial charge on any atom is -0.483 e. The van der Waals surface area contributed by atoms with E-state index in [0.717, 1.165) is 5.69 Å². The third-order valence-electron chi connectivity index (χ3n) is 5.03. The maximum Gasteiger partial charge on any atom is 0.325 e. The molecule has 1 aliphatic rings. The van der Waals surface area contributed by atoms with E-state index in [1.807, 2.05) is 6.07 Å². The van der Waals surface area contributed by atoms with Gasteiger partial charge in [-0.25, -0.2) is 4.39 Å². The Kier molecular flexibility index (Phi) is 6.00. The molecule has 7 heteroatoms. The summed E-state index contributed by atoms with van der Waals surface area (Å²) in [5, 5.41) is 3.67. The Labute approximate surface area is 184 Å². The Balaban J connectivity index is 1.34. The molecule has 1 aliphatic heterocycles. The van der Waals surface area contributed by atoms with Crippen LogP contribution in [0.25, 0.3) is 0 Å². The molecule has 2 unspecified atom stereocenters. The second-order valence-corrected chi connectivity index (χ2v) is 7.67. The van der Waals surface area contributed by atoms with Crippen LogP contribution in [0.2, 0.25) is 5.02 Å². The second kappa shape index (κ2) is 8.86. The van der Waals surface area contributed by atoms with Crippen LogP contribution in [0.1, 0.15) is 25.3 Å². The molecule has 0 amide bonds. The SMILES string of the molecule is CC(C(=O)[C@@H](C)Oc1ccc(OC2Nc3ccc(Cl)cc3O2)cc1)c1ccccc1F. The Hall–Kier alpha value is -3.25. The highest BCUT2D eigenvalue weighted by atomic mass is 35.5. The maximum absolute atomic E-state index is 14.0. The average Bonchev–Trinajstić information content (AvgIpc) is 3.15. The van der Waals surface area contributed by atoms with Gasteiger partial charge < -0.3 is 19.5 Å². The summed E-state index contributed by atoms with van der Waals surface area (Å²) in [5.41, 5.74) is 1.16. The van der Waals surface area contributed by atoms with E-state index in [4.69, 9.17) is 25.8 Å². The van der Waals surface area contributed by atoms with Gasteiger partial charge in [0.15, 0.2) is 17.6 Å². The summed E-state index contributed by atoms with van der Waals surface area (Å²) in [7, 11) is 0. The number of rotatable bonds is 7. The molecule has 0 saturated heterocycles. The van der Waals surface area contributed by atoms with Gasteiger partial charge >= 0.3 is 6.41 Å².